The maximum Gasteiger partial charge on any atom is 0.308 e. The van der Waals surface area contributed by atoms with Gasteiger partial charge in [-0.05, 0) is 50.1 Å². The number of aryl methyl sites for hydroxylation is 1. The monoisotopic (exact) mass is 480 g/mol. The lowest BCUT2D eigenvalue weighted by molar-refractivity contribution is -0.147. The number of fused-ring (bicyclic) bond motifs is 3. The molecule has 0 aliphatic carbocycles. The first kappa shape index (κ1) is 21.4. The molecule has 7 heteroatoms. The number of rotatable bonds is 6. The Morgan fingerprint density at radius 2 is 2.06 bits per heavy atom. The van der Waals surface area contributed by atoms with E-state index in [9.17, 15) is 4.79 Å². The van der Waals surface area contributed by atoms with Crippen LogP contribution in [0.4, 0.5) is 0 Å². The molecule has 0 amide bonds. The van der Waals surface area contributed by atoms with Gasteiger partial charge < -0.3 is 4.74 Å². The van der Waals surface area contributed by atoms with Gasteiger partial charge in [-0.2, -0.15) is 0 Å². The lowest BCUT2D eigenvalue weighted by atomic mass is 10.0. The van der Waals surface area contributed by atoms with Gasteiger partial charge >= 0.3 is 5.97 Å². The largest absolute Gasteiger partial charge is 0.465 e. The zero-order chi connectivity index (χ0) is 22.0. The van der Waals surface area contributed by atoms with Crippen LogP contribution in [0.2, 0.25) is 0 Å². The third-order valence-corrected chi connectivity index (χ3v) is 5.74. The highest BCUT2D eigenvalue weighted by Gasteiger charge is 2.27. The number of halogens is 1. The van der Waals surface area contributed by atoms with E-state index in [1.54, 1.807) is 6.20 Å². The van der Waals surface area contributed by atoms with Gasteiger partial charge in [0.15, 0.2) is 0 Å². The van der Waals surface area contributed by atoms with Crippen LogP contribution in [-0.2, 0) is 9.53 Å². The van der Waals surface area contributed by atoms with Crippen LogP contribution in [0.25, 0.3) is 5.69 Å². The number of esters is 1. The Labute approximate surface area is 190 Å². The molecule has 1 atom stereocenters. The summed E-state index contributed by atoms with van der Waals surface area (Å²) in [6, 6.07) is 11.9. The topological polar surface area (TPSA) is 69.4 Å². The maximum atomic E-state index is 11.8. The van der Waals surface area contributed by atoms with Crippen molar-refractivity contribution in [1.29, 1.82) is 0 Å². The molecule has 0 N–H and O–H groups in total. The Morgan fingerprint density at radius 3 is 2.81 bits per heavy atom. The molecule has 160 valence electrons. The average Bonchev–Trinajstić information content (AvgIpc) is 3.08. The number of pyridine rings is 1. The number of aliphatic imine (C=N–C) groups is 1. The van der Waals surface area contributed by atoms with Gasteiger partial charge in [0.1, 0.15) is 11.9 Å². The molecule has 1 aliphatic heterocycles. The number of imidazole rings is 1. The van der Waals surface area contributed by atoms with E-state index in [2.05, 4.69) is 44.5 Å². The number of ether oxygens (including phenoxy) is 1. The number of carbonyl (C=O) groups excluding carboxylic acids is 1. The molecule has 0 radical (unpaired) electrons. The van der Waals surface area contributed by atoms with Gasteiger partial charge in [0.2, 0.25) is 0 Å². The number of hydrogen-bond donors (Lipinski definition) is 0. The SMILES string of the molecule is Cc1cnc2n1-c1ccc(Br)cc1C(c1ccccn1)=N[C@H]2CCCOC(=O)C(C)C. The zero-order valence-electron chi connectivity index (χ0n) is 17.9. The summed E-state index contributed by atoms with van der Waals surface area (Å²) in [4.78, 5) is 26.2. The minimum Gasteiger partial charge on any atom is -0.465 e. The second-order valence-corrected chi connectivity index (χ2v) is 8.84. The lowest BCUT2D eigenvalue weighted by Crippen LogP contribution is -2.13. The van der Waals surface area contributed by atoms with Crippen molar-refractivity contribution < 1.29 is 9.53 Å². The average molecular weight is 481 g/mol. The molecule has 31 heavy (non-hydrogen) atoms. The van der Waals surface area contributed by atoms with Gasteiger partial charge in [-0.1, -0.05) is 35.8 Å². The summed E-state index contributed by atoms with van der Waals surface area (Å²) >= 11 is 3.61. The molecular weight excluding hydrogens is 456 g/mol. The first-order chi connectivity index (χ1) is 15.0. The van der Waals surface area contributed by atoms with Crippen LogP contribution in [0.5, 0.6) is 0 Å². The summed E-state index contributed by atoms with van der Waals surface area (Å²) in [5.41, 5.74) is 4.75. The van der Waals surface area contributed by atoms with Crippen LogP contribution in [-0.4, -0.2) is 32.8 Å². The summed E-state index contributed by atoms with van der Waals surface area (Å²) in [5.74, 6) is 0.594. The number of hydrogen-bond acceptors (Lipinski definition) is 5. The Morgan fingerprint density at radius 1 is 1.23 bits per heavy atom. The molecule has 0 fully saturated rings. The molecule has 0 saturated heterocycles. The molecule has 6 nitrogen and oxygen atoms in total. The smallest absolute Gasteiger partial charge is 0.308 e. The van der Waals surface area contributed by atoms with Crippen molar-refractivity contribution in [2.75, 3.05) is 6.61 Å². The van der Waals surface area contributed by atoms with Crippen LogP contribution in [0.3, 0.4) is 0 Å². The highest BCUT2D eigenvalue weighted by molar-refractivity contribution is 9.10. The summed E-state index contributed by atoms with van der Waals surface area (Å²) in [6.07, 6.45) is 5.08. The van der Waals surface area contributed by atoms with Crippen LogP contribution in [0.15, 0.2) is 58.3 Å². The molecule has 4 rings (SSSR count). The zero-order valence-corrected chi connectivity index (χ0v) is 19.5. The van der Waals surface area contributed by atoms with Crippen LogP contribution < -0.4 is 0 Å². The molecular formula is C24H25BrN4O2. The van der Waals surface area contributed by atoms with Crippen molar-refractivity contribution >= 4 is 27.6 Å². The fourth-order valence-corrected chi connectivity index (χ4v) is 4.06. The third kappa shape index (κ3) is 4.46. The predicted molar refractivity (Wildman–Crippen MR) is 124 cm³/mol. The second kappa shape index (κ2) is 9.14. The number of benzene rings is 1. The van der Waals surface area contributed by atoms with E-state index in [-0.39, 0.29) is 17.9 Å². The molecule has 1 aliphatic rings. The van der Waals surface area contributed by atoms with E-state index < -0.39 is 0 Å². The van der Waals surface area contributed by atoms with Gasteiger partial charge in [-0.25, -0.2) is 4.98 Å². The van der Waals surface area contributed by atoms with Gasteiger partial charge in [0.05, 0.1) is 29.6 Å². The molecule has 2 aromatic heterocycles. The number of nitrogens with zero attached hydrogens (tertiary/aromatic N) is 4. The first-order valence-corrected chi connectivity index (χ1v) is 11.3. The van der Waals surface area contributed by atoms with Crippen molar-refractivity contribution in [3.05, 3.63) is 76.0 Å². The molecule has 1 aromatic carbocycles. The van der Waals surface area contributed by atoms with Crippen molar-refractivity contribution in [2.24, 2.45) is 10.9 Å². The Balaban J connectivity index is 1.74. The fraction of sp³-hybridized carbons (Fsp3) is 0.333. The van der Waals surface area contributed by atoms with Crippen LogP contribution in [0.1, 0.15) is 55.5 Å². The molecule has 3 heterocycles. The standard InChI is InChI=1S/C24H25BrN4O2/c1-15(2)24(30)31-12-6-8-20-23-27-14-16(3)29(23)21-10-9-17(25)13-18(21)22(28-20)19-7-4-5-11-26-19/h4-5,7,9-11,13-15,20H,6,8,12H2,1-3H3/t20-/m0/s1. The molecule has 3 aromatic rings. The van der Waals surface area contributed by atoms with Gasteiger partial charge in [0, 0.05) is 28.1 Å². The second-order valence-electron chi connectivity index (χ2n) is 7.93. The Kier molecular flexibility index (Phi) is 6.32. The normalized spacial score (nSPS) is 15.1. The van der Waals surface area contributed by atoms with Gasteiger partial charge in [0.25, 0.3) is 0 Å². The van der Waals surface area contributed by atoms with E-state index in [0.717, 1.165) is 38.6 Å². The summed E-state index contributed by atoms with van der Waals surface area (Å²) in [5, 5.41) is 0. The highest BCUT2D eigenvalue weighted by atomic mass is 79.9. The predicted octanol–water partition coefficient (Wildman–Crippen LogP) is 5.21. The van der Waals surface area contributed by atoms with Crippen molar-refractivity contribution in [1.82, 2.24) is 14.5 Å². The third-order valence-electron chi connectivity index (χ3n) is 5.25. The van der Waals surface area contributed by atoms with Gasteiger partial charge in [-0.3, -0.25) is 19.3 Å². The van der Waals surface area contributed by atoms with Crippen LogP contribution in [0, 0.1) is 12.8 Å². The van der Waals surface area contributed by atoms with E-state index in [1.807, 2.05) is 44.3 Å². The fourth-order valence-electron chi connectivity index (χ4n) is 3.70. The first-order valence-electron chi connectivity index (χ1n) is 10.5. The quantitative estimate of drug-likeness (QED) is 0.358. The van der Waals surface area contributed by atoms with E-state index in [0.29, 0.717) is 19.4 Å². The molecule has 0 unspecified atom stereocenters. The Bertz CT molecular complexity index is 1120. The summed E-state index contributed by atoms with van der Waals surface area (Å²) in [6.45, 7) is 6.10. The van der Waals surface area contributed by atoms with E-state index in [4.69, 9.17) is 14.7 Å². The minimum absolute atomic E-state index is 0.124. The lowest BCUT2D eigenvalue weighted by Gasteiger charge is -2.14. The summed E-state index contributed by atoms with van der Waals surface area (Å²) in [7, 11) is 0. The highest BCUT2D eigenvalue weighted by Crippen LogP contribution is 2.34. The molecule has 0 saturated carbocycles. The van der Waals surface area contributed by atoms with Gasteiger partial charge in [-0.15, -0.1) is 0 Å². The van der Waals surface area contributed by atoms with Crippen molar-refractivity contribution in [3.8, 4) is 5.69 Å². The van der Waals surface area contributed by atoms with Crippen LogP contribution >= 0.6 is 15.9 Å². The van der Waals surface area contributed by atoms with Crippen molar-refractivity contribution in [2.45, 2.75) is 39.7 Å². The van der Waals surface area contributed by atoms with E-state index in [1.165, 1.54) is 0 Å². The van der Waals surface area contributed by atoms with E-state index >= 15 is 0 Å². The number of aromatic nitrogens is 3. The Hall–Kier alpha value is -2.80. The molecule has 0 bridgehead atoms. The number of carbonyl (C=O) groups is 1. The summed E-state index contributed by atoms with van der Waals surface area (Å²) < 4.78 is 8.53. The maximum absolute atomic E-state index is 11.8. The molecule has 0 spiro atoms. The minimum atomic E-state index is -0.173. The van der Waals surface area contributed by atoms with Crippen molar-refractivity contribution in [3.63, 3.8) is 0 Å².